The van der Waals surface area contributed by atoms with E-state index in [1.165, 1.54) is 5.56 Å². The number of hydrogen-bond donors (Lipinski definition) is 1. The topological polar surface area (TPSA) is 60.2 Å². The predicted octanol–water partition coefficient (Wildman–Crippen LogP) is 2.34. The minimum absolute atomic E-state index is 0.249. The van der Waals surface area contributed by atoms with Gasteiger partial charge in [-0.1, -0.05) is 27.2 Å². The van der Waals surface area contributed by atoms with E-state index in [0.717, 1.165) is 23.2 Å². The molecule has 1 unspecified atom stereocenters. The smallest absolute Gasteiger partial charge is 0.228 e. The maximum Gasteiger partial charge on any atom is 0.228 e. The number of hydrogen-bond acceptors (Lipinski definition) is 5. The first-order valence-electron chi connectivity index (χ1n) is 6.62. The van der Waals surface area contributed by atoms with Crippen molar-refractivity contribution in [3.8, 4) is 11.4 Å². The molecule has 1 aromatic carbocycles. The van der Waals surface area contributed by atoms with E-state index in [4.69, 9.17) is 9.26 Å². The summed E-state index contributed by atoms with van der Waals surface area (Å²) in [5, 5.41) is 7.43. The number of morpholine rings is 1. The summed E-state index contributed by atoms with van der Waals surface area (Å²) >= 11 is 3.54. The zero-order valence-electron chi connectivity index (χ0n) is 11.2. The molecular formula is C14H16BrN3O2. The van der Waals surface area contributed by atoms with Gasteiger partial charge in [0.25, 0.3) is 0 Å². The predicted molar refractivity (Wildman–Crippen MR) is 78.5 cm³/mol. The summed E-state index contributed by atoms with van der Waals surface area (Å²) in [5.41, 5.74) is 2.13. The molecule has 0 saturated carbocycles. The molecule has 1 fully saturated rings. The summed E-state index contributed by atoms with van der Waals surface area (Å²) in [6, 6.07) is 6.32. The van der Waals surface area contributed by atoms with Gasteiger partial charge in [0.1, 0.15) is 0 Å². The van der Waals surface area contributed by atoms with Crippen LogP contribution in [0.2, 0.25) is 0 Å². The van der Waals surface area contributed by atoms with E-state index in [0.29, 0.717) is 24.7 Å². The molecule has 0 bridgehead atoms. The second kappa shape index (κ2) is 6.03. The van der Waals surface area contributed by atoms with E-state index in [-0.39, 0.29) is 6.04 Å². The molecule has 1 saturated heterocycles. The van der Waals surface area contributed by atoms with Gasteiger partial charge in [0.15, 0.2) is 0 Å². The number of aromatic nitrogens is 2. The highest BCUT2D eigenvalue weighted by atomic mass is 79.9. The van der Waals surface area contributed by atoms with Gasteiger partial charge in [0, 0.05) is 29.0 Å². The van der Waals surface area contributed by atoms with Crippen molar-refractivity contribution in [3.05, 3.63) is 34.1 Å². The second-order valence-electron chi connectivity index (χ2n) is 4.93. The van der Waals surface area contributed by atoms with Crippen LogP contribution in [0.4, 0.5) is 0 Å². The normalized spacial score (nSPS) is 19.2. The van der Waals surface area contributed by atoms with Gasteiger partial charge in [-0.3, -0.25) is 0 Å². The third kappa shape index (κ3) is 3.08. The summed E-state index contributed by atoms with van der Waals surface area (Å²) in [7, 11) is 0. The van der Waals surface area contributed by atoms with Gasteiger partial charge in [-0.05, 0) is 24.6 Å². The number of benzene rings is 1. The van der Waals surface area contributed by atoms with Crippen LogP contribution in [-0.2, 0) is 11.2 Å². The Hall–Kier alpha value is -1.24. The van der Waals surface area contributed by atoms with Crippen molar-refractivity contribution in [1.29, 1.82) is 0 Å². The van der Waals surface area contributed by atoms with Crippen LogP contribution in [0.25, 0.3) is 11.4 Å². The minimum Gasteiger partial charge on any atom is -0.378 e. The minimum atomic E-state index is 0.249. The molecule has 0 spiro atoms. The molecule has 6 heteroatoms. The number of ether oxygens (including phenoxy) is 1. The van der Waals surface area contributed by atoms with Crippen molar-refractivity contribution >= 4 is 15.9 Å². The average molecular weight is 338 g/mol. The van der Waals surface area contributed by atoms with Crippen molar-refractivity contribution in [1.82, 2.24) is 15.5 Å². The fourth-order valence-corrected chi connectivity index (χ4v) is 2.88. The highest BCUT2D eigenvalue weighted by Gasteiger charge is 2.18. The van der Waals surface area contributed by atoms with Crippen LogP contribution < -0.4 is 5.32 Å². The summed E-state index contributed by atoms with van der Waals surface area (Å²) in [5.74, 6) is 1.25. The van der Waals surface area contributed by atoms with Crippen LogP contribution in [0, 0.1) is 6.92 Å². The van der Waals surface area contributed by atoms with Crippen LogP contribution in [0.1, 0.15) is 11.5 Å². The van der Waals surface area contributed by atoms with Gasteiger partial charge < -0.3 is 14.6 Å². The van der Waals surface area contributed by atoms with Crippen LogP contribution >= 0.6 is 15.9 Å². The van der Waals surface area contributed by atoms with Gasteiger partial charge in [0.2, 0.25) is 11.7 Å². The van der Waals surface area contributed by atoms with Gasteiger partial charge >= 0.3 is 0 Å². The maximum atomic E-state index is 5.42. The van der Waals surface area contributed by atoms with Gasteiger partial charge in [-0.2, -0.15) is 4.98 Å². The Morgan fingerprint density at radius 1 is 1.45 bits per heavy atom. The fourth-order valence-electron chi connectivity index (χ4n) is 2.21. The second-order valence-corrected chi connectivity index (χ2v) is 5.78. The first kappa shape index (κ1) is 13.7. The van der Waals surface area contributed by atoms with Crippen molar-refractivity contribution in [3.63, 3.8) is 0 Å². The fraction of sp³-hybridized carbons (Fsp3) is 0.429. The molecule has 5 nitrogen and oxygen atoms in total. The lowest BCUT2D eigenvalue weighted by molar-refractivity contribution is 0.0744. The molecule has 1 aliphatic rings. The van der Waals surface area contributed by atoms with Crippen LogP contribution in [0.3, 0.4) is 0 Å². The van der Waals surface area contributed by atoms with Gasteiger partial charge in [-0.25, -0.2) is 0 Å². The third-order valence-corrected chi connectivity index (χ3v) is 3.91. The Kier molecular flexibility index (Phi) is 4.14. The molecule has 1 atom stereocenters. The van der Waals surface area contributed by atoms with Crippen molar-refractivity contribution in [2.24, 2.45) is 0 Å². The van der Waals surface area contributed by atoms with Crippen LogP contribution in [0.5, 0.6) is 0 Å². The monoisotopic (exact) mass is 337 g/mol. The zero-order chi connectivity index (χ0) is 13.9. The van der Waals surface area contributed by atoms with Crippen LogP contribution in [0.15, 0.2) is 27.2 Å². The first-order chi connectivity index (χ1) is 9.72. The molecular weight excluding hydrogens is 322 g/mol. The Morgan fingerprint density at radius 3 is 3.10 bits per heavy atom. The number of aryl methyl sites for hydroxylation is 1. The summed E-state index contributed by atoms with van der Waals surface area (Å²) in [6.07, 6.45) is 0.691. The van der Waals surface area contributed by atoms with E-state index >= 15 is 0 Å². The van der Waals surface area contributed by atoms with Gasteiger partial charge in [0.05, 0.1) is 13.2 Å². The number of nitrogens with one attached hydrogen (secondary N) is 1. The lowest BCUT2D eigenvalue weighted by Crippen LogP contribution is -2.42. The summed E-state index contributed by atoms with van der Waals surface area (Å²) < 4.78 is 11.7. The SMILES string of the molecule is Cc1ccc(-c2noc(CC3COCCN3)n2)c(Br)c1. The lowest BCUT2D eigenvalue weighted by Gasteiger charge is -2.22. The summed E-state index contributed by atoms with van der Waals surface area (Å²) in [4.78, 5) is 4.46. The Bertz CT molecular complexity index is 594. The average Bonchev–Trinajstić information content (AvgIpc) is 2.88. The van der Waals surface area contributed by atoms with E-state index in [1.54, 1.807) is 0 Å². The van der Waals surface area contributed by atoms with Crippen molar-refractivity contribution in [2.45, 2.75) is 19.4 Å². The molecule has 1 N–H and O–H groups in total. The standard InChI is InChI=1S/C14H16BrN3O2/c1-9-2-3-11(12(15)6-9)14-17-13(20-18-14)7-10-8-19-5-4-16-10/h2-3,6,10,16H,4-5,7-8H2,1H3. The number of rotatable bonds is 3. The molecule has 2 heterocycles. The van der Waals surface area contributed by atoms with E-state index in [2.05, 4.69) is 31.4 Å². The first-order valence-corrected chi connectivity index (χ1v) is 7.42. The largest absolute Gasteiger partial charge is 0.378 e. The lowest BCUT2D eigenvalue weighted by atomic mass is 10.1. The van der Waals surface area contributed by atoms with E-state index in [1.807, 2.05) is 25.1 Å². The quantitative estimate of drug-likeness (QED) is 0.931. The molecule has 3 rings (SSSR count). The van der Waals surface area contributed by atoms with Crippen molar-refractivity contribution < 1.29 is 9.26 Å². The highest BCUT2D eigenvalue weighted by Crippen LogP contribution is 2.27. The molecule has 0 amide bonds. The number of nitrogens with zero attached hydrogens (tertiary/aromatic N) is 2. The molecule has 20 heavy (non-hydrogen) atoms. The van der Waals surface area contributed by atoms with Gasteiger partial charge in [-0.15, -0.1) is 0 Å². The molecule has 0 aliphatic carbocycles. The molecule has 1 aliphatic heterocycles. The molecule has 2 aromatic rings. The van der Waals surface area contributed by atoms with Crippen LogP contribution in [-0.4, -0.2) is 35.9 Å². The third-order valence-electron chi connectivity index (χ3n) is 3.25. The Morgan fingerprint density at radius 2 is 2.35 bits per heavy atom. The highest BCUT2D eigenvalue weighted by molar-refractivity contribution is 9.10. The molecule has 106 valence electrons. The maximum absolute atomic E-state index is 5.42. The molecule has 1 aromatic heterocycles. The van der Waals surface area contributed by atoms with E-state index in [9.17, 15) is 0 Å². The zero-order valence-corrected chi connectivity index (χ0v) is 12.8. The number of halogens is 1. The Balaban J connectivity index is 1.75. The summed E-state index contributed by atoms with van der Waals surface area (Å²) in [6.45, 7) is 4.37. The Labute approximate surface area is 125 Å². The van der Waals surface area contributed by atoms with E-state index < -0.39 is 0 Å². The molecule has 0 radical (unpaired) electrons. The van der Waals surface area contributed by atoms with Crippen molar-refractivity contribution in [2.75, 3.05) is 19.8 Å².